The van der Waals surface area contributed by atoms with Crippen LogP contribution in [0.5, 0.6) is 0 Å². The number of allylic oxidation sites excluding steroid dienone is 1. The molecule has 0 radical (unpaired) electrons. The van der Waals surface area contributed by atoms with E-state index in [0.717, 1.165) is 0 Å². The number of esters is 1. The van der Waals surface area contributed by atoms with Gasteiger partial charge >= 0.3 is 5.97 Å². The minimum Gasteiger partial charge on any atom is -0.468 e. The fraction of sp³-hybridized carbons (Fsp3) is 0.625. The third-order valence-electron chi connectivity index (χ3n) is 3.87. The van der Waals surface area contributed by atoms with Crippen LogP contribution in [0.15, 0.2) is 12.2 Å². The van der Waals surface area contributed by atoms with Crippen molar-refractivity contribution in [3.8, 4) is 11.5 Å². The molecule has 0 unspecified atom stereocenters. The molecular formula is C16H24O4Si. The predicted octanol–water partition coefficient (Wildman–Crippen LogP) is 2.21. The summed E-state index contributed by atoms with van der Waals surface area (Å²) in [5.74, 6) is 1.71. The number of hydrogen-bond donors (Lipinski definition) is 0. The number of methoxy groups -OCH3 is 2. The van der Waals surface area contributed by atoms with Gasteiger partial charge < -0.3 is 9.47 Å². The maximum absolute atomic E-state index is 12.4. The molecule has 116 valence electrons. The Morgan fingerprint density at radius 1 is 1.29 bits per heavy atom. The second-order valence-corrected chi connectivity index (χ2v) is 11.5. The van der Waals surface area contributed by atoms with E-state index in [4.69, 9.17) is 9.47 Å². The molecule has 5 heteroatoms. The SMILES string of the molecule is COC(=O)[C@@]1(C)C(=O)C=C[C@](C)(OC)[C@@H]1C#C[Si](C)(C)C. The van der Waals surface area contributed by atoms with E-state index in [1.165, 1.54) is 13.2 Å². The van der Waals surface area contributed by atoms with Gasteiger partial charge in [0, 0.05) is 7.11 Å². The molecule has 0 aliphatic heterocycles. The lowest BCUT2D eigenvalue weighted by Crippen LogP contribution is -2.55. The molecular weight excluding hydrogens is 284 g/mol. The first-order chi connectivity index (χ1) is 9.51. The smallest absolute Gasteiger partial charge is 0.320 e. The van der Waals surface area contributed by atoms with Gasteiger partial charge in [-0.25, -0.2) is 0 Å². The van der Waals surface area contributed by atoms with Gasteiger partial charge in [-0.2, -0.15) is 0 Å². The molecule has 3 atom stereocenters. The lowest BCUT2D eigenvalue weighted by molar-refractivity contribution is -0.164. The molecule has 0 fully saturated rings. The van der Waals surface area contributed by atoms with E-state index in [1.54, 1.807) is 20.1 Å². The second kappa shape index (κ2) is 5.78. The number of carbonyl (C=O) groups is 2. The summed E-state index contributed by atoms with van der Waals surface area (Å²) < 4.78 is 10.4. The molecule has 0 bridgehead atoms. The van der Waals surface area contributed by atoms with Crippen LogP contribution in [0.4, 0.5) is 0 Å². The molecule has 0 saturated carbocycles. The summed E-state index contributed by atoms with van der Waals surface area (Å²) in [4.78, 5) is 24.6. The molecule has 0 aromatic carbocycles. The standard InChI is InChI=1S/C16H24O4Si/c1-15(20-4)10-8-13(17)16(2,14(18)19-3)12(15)9-11-21(5,6)7/h8,10,12H,1-7H3/t12-,15-,16+/m0/s1. The second-order valence-electron chi connectivity index (χ2n) is 6.73. The van der Waals surface area contributed by atoms with Crippen LogP contribution in [0, 0.1) is 22.8 Å². The number of hydrogen-bond acceptors (Lipinski definition) is 4. The summed E-state index contributed by atoms with van der Waals surface area (Å²) >= 11 is 0. The third kappa shape index (κ3) is 3.28. The van der Waals surface area contributed by atoms with E-state index in [2.05, 4.69) is 31.1 Å². The Morgan fingerprint density at radius 2 is 1.86 bits per heavy atom. The van der Waals surface area contributed by atoms with Crippen LogP contribution in [0.3, 0.4) is 0 Å². The Balaban J connectivity index is 3.50. The Bertz CT molecular complexity index is 535. The van der Waals surface area contributed by atoms with Crippen molar-refractivity contribution >= 4 is 19.8 Å². The Hall–Kier alpha value is -1.38. The zero-order chi connectivity index (χ0) is 16.5. The molecule has 4 nitrogen and oxygen atoms in total. The molecule has 1 aliphatic rings. The maximum Gasteiger partial charge on any atom is 0.320 e. The van der Waals surface area contributed by atoms with Crippen molar-refractivity contribution in [2.75, 3.05) is 14.2 Å². The number of rotatable bonds is 2. The van der Waals surface area contributed by atoms with Crippen molar-refractivity contribution in [1.82, 2.24) is 0 Å². The highest BCUT2D eigenvalue weighted by molar-refractivity contribution is 6.83. The van der Waals surface area contributed by atoms with E-state index in [1.807, 2.05) is 6.92 Å². The van der Waals surface area contributed by atoms with Crippen molar-refractivity contribution in [2.45, 2.75) is 39.1 Å². The Labute approximate surface area is 127 Å². The van der Waals surface area contributed by atoms with Gasteiger partial charge in [0.1, 0.15) is 13.5 Å². The maximum atomic E-state index is 12.4. The molecule has 0 aromatic heterocycles. The van der Waals surface area contributed by atoms with Crippen molar-refractivity contribution in [3.63, 3.8) is 0 Å². The molecule has 1 aliphatic carbocycles. The van der Waals surface area contributed by atoms with Crippen LogP contribution < -0.4 is 0 Å². The van der Waals surface area contributed by atoms with Gasteiger partial charge in [0.2, 0.25) is 0 Å². The lowest BCUT2D eigenvalue weighted by atomic mass is 9.63. The fourth-order valence-electron chi connectivity index (χ4n) is 2.42. The topological polar surface area (TPSA) is 52.6 Å². The van der Waals surface area contributed by atoms with Crippen molar-refractivity contribution < 1.29 is 19.1 Å². The van der Waals surface area contributed by atoms with Crippen LogP contribution in [0.25, 0.3) is 0 Å². The average molecular weight is 308 g/mol. The van der Waals surface area contributed by atoms with Gasteiger partial charge in [0.05, 0.1) is 18.6 Å². The normalized spacial score (nSPS) is 32.3. The van der Waals surface area contributed by atoms with E-state index in [0.29, 0.717) is 0 Å². The van der Waals surface area contributed by atoms with Gasteiger partial charge in [-0.3, -0.25) is 9.59 Å². The van der Waals surface area contributed by atoms with Crippen molar-refractivity contribution in [1.29, 1.82) is 0 Å². The minimum atomic E-state index is -1.65. The highest BCUT2D eigenvalue weighted by atomic mass is 28.3. The van der Waals surface area contributed by atoms with Crippen molar-refractivity contribution in [2.24, 2.45) is 11.3 Å². The molecule has 0 saturated heterocycles. The highest BCUT2D eigenvalue weighted by Gasteiger charge is 2.56. The first-order valence-corrected chi connectivity index (χ1v) is 10.4. The number of ether oxygens (including phenoxy) is 2. The highest BCUT2D eigenvalue weighted by Crippen LogP contribution is 2.43. The largest absolute Gasteiger partial charge is 0.468 e. The first kappa shape index (κ1) is 17.7. The monoisotopic (exact) mass is 308 g/mol. The molecule has 21 heavy (non-hydrogen) atoms. The van der Waals surface area contributed by atoms with Crippen LogP contribution in [-0.2, 0) is 19.1 Å². The van der Waals surface area contributed by atoms with Gasteiger partial charge in [0.25, 0.3) is 0 Å². The predicted molar refractivity (Wildman–Crippen MR) is 84.3 cm³/mol. The summed E-state index contributed by atoms with van der Waals surface area (Å²) in [6, 6.07) is 0. The Kier molecular flexibility index (Phi) is 4.86. The molecule has 0 amide bonds. The van der Waals surface area contributed by atoms with Crippen LogP contribution in [-0.4, -0.2) is 39.6 Å². The van der Waals surface area contributed by atoms with Crippen LogP contribution in [0.2, 0.25) is 19.6 Å². The minimum absolute atomic E-state index is 0.293. The molecule has 0 spiro atoms. The third-order valence-corrected chi connectivity index (χ3v) is 4.76. The summed E-state index contributed by atoms with van der Waals surface area (Å²) in [7, 11) is 1.19. The molecule has 1 rings (SSSR count). The van der Waals surface area contributed by atoms with E-state index >= 15 is 0 Å². The zero-order valence-electron chi connectivity index (χ0n) is 13.9. The van der Waals surface area contributed by atoms with Gasteiger partial charge in [-0.15, -0.1) is 11.5 Å². The summed E-state index contributed by atoms with van der Waals surface area (Å²) in [5.41, 5.74) is 1.10. The van der Waals surface area contributed by atoms with Crippen LogP contribution in [0.1, 0.15) is 13.8 Å². The molecule has 0 N–H and O–H groups in total. The number of carbonyl (C=O) groups excluding carboxylic acids is 2. The van der Waals surface area contributed by atoms with Gasteiger partial charge in [-0.05, 0) is 26.0 Å². The van der Waals surface area contributed by atoms with E-state index < -0.39 is 31.0 Å². The summed E-state index contributed by atoms with van der Waals surface area (Å²) in [5, 5.41) is 0. The molecule has 0 heterocycles. The van der Waals surface area contributed by atoms with Gasteiger partial charge in [0.15, 0.2) is 5.78 Å². The number of ketones is 1. The quantitative estimate of drug-likeness (QED) is 0.340. The fourth-order valence-corrected chi connectivity index (χ4v) is 3.00. The Morgan fingerprint density at radius 3 is 2.29 bits per heavy atom. The van der Waals surface area contributed by atoms with Crippen LogP contribution >= 0.6 is 0 Å². The van der Waals surface area contributed by atoms with Gasteiger partial charge in [-0.1, -0.05) is 19.6 Å². The van der Waals surface area contributed by atoms with E-state index in [9.17, 15) is 9.59 Å². The van der Waals surface area contributed by atoms with Crippen molar-refractivity contribution in [3.05, 3.63) is 12.2 Å². The lowest BCUT2D eigenvalue weighted by Gasteiger charge is -2.42. The summed E-state index contributed by atoms with van der Waals surface area (Å²) in [6.07, 6.45) is 3.08. The first-order valence-electron chi connectivity index (χ1n) is 6.91. The molecule has 0 aromatic rings. The summed E-state index contributed by atoms with van der Waals surface area (Å²) in [6.45, 7) is 9.76. The zero-order valence-corrected chi connectivity index (χ0v) is 14.9. The average Bonchev–Trinajstić information content (AvgIpc) is 2.41. The van der Waals surface area contributed by atoms with E-state index in [-0.39, 0.29) is 5.78 Å².